The van der Waals surface area contributed by atoms with Gasteiger partial charge in [-0.25, -0.2) is 0 Å². The number of hydrogen-bond acceptors (Lipinski definition) is 4. The van der Waals surface area contributed by atoms with Crippen molar-refractivity contribution in [2.75, 3.05) is 39.6 Å². The average Bonchev–Trinajstić information content (AvgIpc) is 2.38. The summed E-state index contributed by atoms with van der Waals surface area (Å²) in [6, 6.07) is 5.84. The fourth-order valence-corrected chi connectivity index (χ4v) is 1.89. The molecule has 0 saturated carbocycles. The van der Waals surface area contributed by atoms with Gasteiger partial charge in [0.05, 0.1) is 19.3 Å². The fourth-order valence-electron chi connectivity index (χ4n) is 1.89. The zero-order valence-corrected chi connectivity index (χ0v) is 12.8. The first kappa shape index (κ1) is 16.5. The van der Waals surface area contributed by atoms with Gasteiger partial charge in [-0.3, -0.25) is 4.79 Å². The number of hydrogen-bond donors (Lipinski definition) is 2. The number of methoxy groups -OCH3 is 1. The van der Waals surface area contributed by atoms with E-state index in [0.717, 1.165) is 30.8 Å². The lowest BCUT2D eigenvalue weighted by Crippen LogP contribution is -2.28. The van der Waals surface area contributed by atoms with Gasteiger partial charge >= 0.3 is 0 Å². The molecule has 0 spiro atoms. The van der Waals surface area contributed by atoms with Crippen molar-refractivity contribution < 1.29 is 9.53 Å². The van der Waals surface area contributed by atoms with Crippen LogP contribution < -0.4 is 15.4 Å². The lowest BCUT2D eigenvalue weighted by molar-refractivity contribution is -0.115. The van der Waals surface area contributed by atoms with Gasteiger partial charge in [-0.15, -0.1) is 0 Å². The lowest BCUT2D eigenvalue weighted by Gasteiger charge is -2.14. The molecule has 0 aliphatic heterocycles. The molecule has 5 nitrogen and oxygen atoms in total. The molecule has 1 amide bonds. The minimum absolute atomic E-state index is 0.0567. The summed E-state index contributed by atoms with van der Waals surface area (Å²) < 4.78 is 5.28. The van der Waals surface area contributed by atoms with E-state index in [1.54, 1.807) is 7.11 Å². The molecular formula is C15H25N3O2. The molecule has 1 rings (SSSR count). The van der Waals surface area contributed by atoms with E-state index in [2.05, 4.69) is 22.5 Å². The second-order valence-electron chi connectivity index (χ2n) is 5.00. The summed E-state index contributed by atoms with van der Waals surface area (Å²) in [6.45, 7) is 4.04. The molecule has 0 bridgehead atoms. The number of amides is 1. The minimum atomic E-state index is -0.0567. The van der Waals surface area contributed by atoms with Gasteiger partial charge in [0, 0.05) is 6.54 Å². The van der Waals surface area contributed by atoms with E-state index < -0.39 is 0 Å². The van der Waals surface area contributed by atoms with Gasteiger partial charge in [0.2, 0.25) is 5.91 Å². The number of rotatable bonds is 8. The van der Waals surface area contributed by atoms with Crippen LogP contribution in [0.15, 0.2) is 18.2 Å². The van der Waals surface area contributed by atoms with Gasteiger partial charge in [-0.2, -0.15) is 0 Å². The molecule has 0 atom stereocenters. The molecule has 1 aromatic carbocycles. The van der Waals surface area contributed by atoms with Crippen LogP contribution in [-0.2, 0) is 11.3 Å². The van der Waals surface area contributed by atoms with Crippen LogP contribution in [-0.4, -0.2) is 45.1 Å². The third kappa shape index (κ3) is 5.59. The Balaban J connectivity index is 2.72. The maximum atomic E-state index is 11.8. The molecule has 0 aliphatic carbocycles. The van der Waals surface area contributed by atoms with Crippen LogP contribution in [0, 0.1) is 0 Å². The van der Waals surface area contributed by atoms with Crippen LogP contribution in [0.3, 0.4) is 0 Å². The lowest BCUT2D eigenvalue weighted by atomic mass is 10.1. The van der Waals surface area contributed by atoms with E-state index in [1.807, 2.05) is 32.3 Å². The van der Waals surface area contributed by atoms with Gasteiger partial charge in [0.1, 0.15) is 5.75 Å². The molecule has 112 valence electrons. The van der Waals surface area contributed by atoms with Crippen molar-refractivity contribution in [3.8, 4) is 5.75 Å². The number of nitrogens with one attached hydrogen (secondary N) is 2. The van der Waals surface area contributed by atoms with Crippen LogP contribution >= 0.6 is 0 Å². The van der Waals surface area contributed by atoms with E-state index >= 15 is 0 Å². The van der Waals surface area contributed by atoms with Crippen molar-refractivity contribution in [1.29, 1.82) is 0 Å². The highest BCUT2D eigenvalue weighted by molar-refractivity contribution is 5.93. The first-order chi connectivity index (χ1) is 9.56. The van der Waals surface area contributed by atoms with Crippen molar-refractivity contribution in [3.63, 3.8) is 0 Å². The second-order valence-corrected chi connectivity index (χ2v) is 5.00. The van der Waals surface area contributed by atoms with Crippen molar-refractivity contribution in [1.82, 2.24) is 10.2 Å². The quantitative estimate of drug-likeness (QED) is 0.711. The molecule has 2 N–H and O–H groups in total. The van der Waals surface area contributed by atoms with Crippen molar-refractivity contribution in [3.05, 3.63) is 23.8 Å². The molecule has 0 fully saturated rings. The first-order valence-corrected chi connectivity index (χ1v) is 6.89. The molecule has 0 radical (unpaired) electrons. The third-order valence-corrected chi connectivity index (χ3v) is 2.75. The number of anilines is 1. The molecule has 0 aliphatic rings. The van der Waals surface area contributed by atoms with Crippen molar-refractivity contribution >= 4 is 11.6 Å². The first-order valence-electron chi connectivity index (χ1n) is 6.89. The average molecular weight is 279 g/mol. The van der Waals surface area contributed by atoms with E-state index in [1.165, 1.54) is 0 Å². The maximum Gasteiger partial charge on any atom is 0.238 e. The monoisotopic (exact) mass is 279 g/mol. The molecule has 0 saturated heterocycles. The van der Waals surface area contributed by atoms with E-state index in [-0.39, 0.29) is 5.91 Å². The van der Waals surface area contributed by atoms with E-state index in [9.17, 15) is 4.79 Å². The summed E-state index contributed by atoms with van der Waals surface area (Å²) in [6.07, 6.45) is 1.01. The number of carbonyl (C=O) groups is 1. The molecule has 1 aromatic rings. The van der Waals surface area contributed by atoms with Gasteiger partial charge in [-0.05, 0) is 44.8 Å². The molecule has 20 heavy (non-hydrogen) atoms. The highest BCUT2D eigenvalue weighted by Crippen LogP contribution is 2.25. The zero-order chi connectivity index (χ0) is 15.0. The number of benzene rings is 1. The Bertz CT molecular complexity index is 433. The van der Waals surface area contributed by atoms with Gasteiger partial charge in [0.15, 0.2) is 0 Å². The summed E-state index contributed by atoms with van der Waals surface area (Å²) in [5.41, 5.74) is 1.85. The minimum Gasteiger partial charge on any atom is -0.495 e. The van der Waals surface area contributed by atoms with E-state index in [0.29, 0.717) is 12.3 Å². The van der Waals surface area contributed by atoms with Gasteiger partial charge in [0.25, 0.3) is 0 Å². The highest BCUT2D eigenvalue weighted by Gasteiger charge is 2.08. The highest BCUT2D eigenvalue weighted by atomic mass is 16.5. The molecule has 0 unspecified atom stereocenters. The number of ether oxygens (including phenoxy) is 1. The number of nitrogens with zero attached hydrogens (tertiary/aromatic N) is 1. The van der Waals surface area contributed by atoms with Crippen molar-refractivity contribution in [2.45, 2.75) is 19.9 Å². The van der Waals surface area contributed by atoms with Gasteiger partial charge in [-0.1, -0.05) is 13.0 Å². The topological polar surface area (TPSA) is 53.6 Å². The Morgan fingerprint density at radius 1 is 1.35 bits per heavy atom. The Kier molecular flexibility index (Phi) is 7.04. The summed E-state index contributed by atoms with van der Waals surface area (Å²) in [5, 5.41) is 5.97. The summed E-state index contributed by atoms with van der Waals surface area (Å²) in [7, 11) is 5.63. The predicted molar refractivity (Wildman–Crippen MR) is 82.2 cm³/mol. The predicted octanol–water partition coefficient (Wildman–Crippen LogP) is 1.69. The number of carbonyl (C=O) groups excluding carboxylic acids is 1. The second kappa shape index (κ2) is 8.55. The third-order valence-electron chi connectivity index (χ3n) is 2.75. The fraction of sp³-hybridized carbons (Fsp3) is 0.533. The summed E-state index contributed by atoms with van der Waals surface area (Å²) in [4.78, 5) is 13.9. The van der Waals surface area contributed by atoms with Crippen LogP contribution in [0.5, 0.6) is 5.75 Å². The smallest absolute Gasteiger partial charge is 0.238 e. The van der Waals surface area contributed by atoms with E-state index in [4.69, 9.17) is 4.74 Å². The van der Waals surface area contributed by atoms with Crippen LogP contribution in [0.4, 0.5) is 5.69 Å². The van der Waals surface area contributed by atoms with Crippen LogP contribution in [0.25, 0.3) is 0 Å². The normalized spacial score (nSPS) is 10.7. The molecule has 0 aromatic heterocycles. The van der Waals surface area contributed by atoms with Crippen molar-refractivity contribution in [2.24, 2.45) is 0 Å². The molecule has 0 heterocycles. The Hall–Kier alpha value is -1.59. The van der Waals surface area contributed by atoms with Crippen LogP contribution in [0.1, 0.15) is 18.9 Å². The molecular weight excluding hydrogens is 254 g/mol. The summed E-state index contributed by atoms with van der Waals surface area (Å²) in [5.74, 6) is 0.620. The Morgan fingerprint density at radius 2 is 2.10 bits per heavy atom. The largest absolute Gasteiger partial charge is 0.495 e. The summed E-state index contributed by atoms with van der Waals surface area (Å²) >= 11 is 0. The zero-order valence-electron chi connectivity index (χ0n) is 12.8. The maximum absolute atomic E-state index is 11.8. The van der Waals surface area contributed by atoms with Crippen LogP contribution in [0.2, 0.25) is 0 Å². The van der Waals surface area contributed by atoms with Gasteiger partial charge < -0.3 is 20.3 Å². The SMILES string of the molecule is CCCNCC(=O)Nc1cc(CN(C)C)ccc1OC. The molecule has 5 heteroatoms. The Labute approximate surface area is 121 Å². The Morgan fingerprint density at radius 3 is 2.70 bits per heavy atom. The standard InChI is InChI=1S/C15H25N3O2/c1-5-8-16-10-15(19)17-13-9-12(11-18(2)3)6-7-14(13)20-4/h6-7,9,16H,5,8,10-11H2,1-4H3,(H,17,19).